The molecule has 100 valence electrons. The fourth-order valence-electron chi connectivity index (χ4n) is 2.44. The van der Waals surface area contributed by atoms with Gasteiger partial charge in [-0.05, 0) is 31.8 Å². The van der Waals surface area contributed by atoms with Gasteiger partial charge in [-0.25, -0.2) is 0 Å². The van der Waals surface area contributed by atoms with Gasteiger partial charge in [-0.15, -0.1) is 0 Å². The summed E-state index contributed by atoms with van der Waals surface area (Å²) in [5, 5.41) is 13.0. The maximum atomic E-state index is 12.3. The van der Waals surface area contributed by atoms with Crippen LogP contribution in [0.5, 0.6) is 0 Å². The molecular weight excluding hydrogens is 228 g/mol. The van der Waals surface area contributed by atoms with E-state index >= 15 is 0 Å². The zero-order valence-electron chi connectivity index (χ0n) is 11.1. The van der Waals surface area contributed by atoms with Crippen molar-refractivity contribution in [1.82, 2.24) is 20.8 Å². The first kappa shape index (κ1) is 13.1. The quantitative estimate of drug-likeness (QED) is 0.748. The summed E-state index contributed by atoms with van der Waals surface area (Å²) in [6, 6.07) is 0. The number of aromatic amines is 1. The molecule has 0 spiro atoms. The third-order valence-corrected chi connectivity index (χ3v) is 3.91. The summed E-state index contributed by atoms with van der Waals surface area (Å²) in [5.41, 5.74) is 0.679. The van der Waals surface area contributed by atoms with Gasteiger partial charge >= 0.3 is 0 Å². The molecule has 0 aromatic carbocycles. The number of rotatable bonds is 4. The zero-order chi connectivity index (χ0) is 13.0. The van der Waals surface area contributed by atoms with E-state index in [1.54, 1.807) is 12.4 Å². The highest BCUT2D eigenvalue weighted by molar-refractivity contribution is 5.82. The normalized spacial score (nSPS) is 20.7. The van der Waals surface area contributed by atoms with Crippen LogP contribution >= 0.6 is 0 Å². The van der Waals surface area contributed by atoms with E-state index in [-0.39, 0.29) is 11.3 Å². The van der Waals surface area contributed by atoms with Crippen LogP contribution < -0.4 is 10.6 Å². The minimum atomic E-state index is -0.322. The molecule has 1 aliphatic heterocycles. The van der Waals surface area contributed by atoms with Crippen molar-refractivity contribution in [2.24, 2.45) is 11.3 Å². The number of hydrogen-bond donors (Lipinski definition) is 3. The Hall–Kier alpha value is -1.36. The molecule has 18 heavy (non-hydrogen) atoms. The molecule has 5 heteroatoms. The van der Waals surface area contributed by atoms with Gasteiger partial charge in [0.25, 0.3) is 0 Å². The van der Waals surface area contributed by atoms with E-state index in [4.69, 9.17) is 0 Å². The van der Waals surface area contributed by atoms with Crippen LogP contribution in [0, 0.1) is 11.3 Å². The number of H-pyrrole nitrogens is 1. The molecule has 1 aromatic rings. The fraction of sp³-hybridized carbons (Fsp3) is 0.692. The zero-order valence-corrected chi connectivity index (χ0v) is 11.1. The van der Waals surface area contributed by atoms with Crippen molar-refractivity contribution in [2.75, 3.05) is 13.1 Å². The second kappa shape index (κ2) is 5.52. The molecule has 1 fully saturated rings. The Morgan fingerprint density at radius 1 is 1.61 bits per heavy atom. The number of carbonyl (C=O) groups excluding carboxylic acids is 1. The Bertz CT molecular complexity index is 380. The van der Waals surface area contributed by atoms with Gasteiger partial charge in [0, 0.05) is 23.7 Å². The lowest BCUT2D eigenvalue weighted by Crippen LogP contribution is -2.47. The molecule has 5 nitrogen and oxygen atoms in total. The van der Waals surface area contributed by atoms with Gasteiger partial charge in [0.2, 0.25) is 5.91 Å². The molecule has 1 aliphatic rings. The van der Waals surface area contributed by atoms with Gasteiger partial charge in [-0.2, -0.15) is 5.10 Å². The fourth-order valence-corrected chi connectivity index (χ4v) is 2.44. The van der Waals surface area contributed by atoms with Crippen molar-refractivity contribution >= 4 is 5.91 Å². The average Bonchev–Trinajstić information content (AvgIpc) is 2.90. The lowest BCUT2D eigenvalue weighted by Gasteiger charge is -2.36. The van der Waals surface area contributed by atoms with E-state index < -0.39 is 0 Å². The maximum absolute atomic E-state index is 12.3. The first-order valence-electron chi connectivity index (χ1n) is 6.57. The minimum Gasteiger partial charge on any atom is -0.351 e. The molecule has 1 saturated heterocycles. The molecule has 2 heterocycles. The summed E-state index contributed by atoms with van der Waals surface area (Å²) in [4.78, 5) is 12.3. The highest BCUT2D eigenvalue weighted by Crippen LogP contribution is 2.31. The molecule has 1 amide bonds. The van der Waals surface area contributed by atoms with Crippen LogP contribution in [0.4, 0.5) is 0 Å². The summed E-state index contributed by atoms with van der Waals surface area (Å²) in [6.45, 7) is 6.62. The van der Waals surface area contributed by atoms with E-state index in [0.717, 1.165) is 31.5 Å². The van der Waals surface area contributed by atoms with Gasteiger partial charge in [-0.3, -0.25) is 9.89 Å². The van der Waals surface area contributed by atoms with E-state index in [0.29, 0.717) is 12.5 Å². The SMILES string of the molecule is CC(C)(C(=O)NCc1cn[nH]c1)C1CCCNC1. The maximum Gasteiger partial charge on any atom is 0.226 e. The van der Waals surface area contributed by atoms with Crippen molar-refractivity contribution in [3.63, 3.8) is 0 Å². The van der Waals surface area contributed by atoms with E-state index in [1.165, 1.54) is 0 Å². The van der Waals surface area contributed by atoms with Crippen molar-refractivity contribution in [3.8, 4) is 0 Å². The molecule has 1 atom stereocenters. The van der Waals surface area contributed by atoms with Crippen molar-refractivity contribution in [2.45, 2.75) is 33.2 Å². The van der Waals surface area contributed by atoms with Crippen LogP contribution in [0.1, 0.15) is 32.3 Å². The van der Waals surface area contributed by atoms with Crippen LogP contribution in [-0.2, 0) is 11.3 Å². The van der Waals surface area contributed by atoms with E-state index in [2.05, 4.69) is 20.8 Å². The molecule has 0 saturated carbocycles. The van der Waals surface area contributed by atoms with Gasteiger partial charge in [0.15, 0.2) is 0 Å². The first-order valence-corrected chi connectivity index (χ1v) is 6.57. The van der Waals surface area contributed by atoms with Gasteiger partial charge in [-0.1, -0.05) is 13.8 Å². The number of carbonyl (C=O) groups is 1. The molecule has 1 unspecified atom stereocenters. The Kier molecular flexibility index (Phi) is 4.01. The van der Waals surface area contributed by atoms with Gasteiger partial charge < -0.3 is 10.6 Å². The van der Waals surface area contributed by atoms with Gasteiger partial charge in [0.1, 0.15) is 0 Å². The van der Waals surface area contributed by atoms with Crippen molar-refractivity contribution in [1.29, 1.82) is 0 Å². The van der Waals surface area contributed by atoms with Crippen molar-refractivity contribution in [3.05, 3.63) is 18.0 Å². The molecule has 0 aliphatic carbocycles. The summed E-state index contributed by atoms with van der Waals surface area (Å²) in [6.07, 6.45) is 5.81. The molecule has 0 radical (unpaired) electrons. The summed E-state index contributed by atoms with van der Waals surface area (Å²) >= 11 is 0. The minimum absolute atomic E-state index is 0.123. The molecule has 1 aromatic heterocycles. The standard InChI is InChI=1S/C13H22N4O/c1-13(2,11-4-3-5-14-9-11)12(18)15-6-10-7-16-17-8-10/h7-8,11,14H,3-6,9H2,1-2H3,(H,15,18)(H,16,17). The molecule has 3 N–H and O–H groups in total. The Balaban J connectivity index is 1.89. The summed E-state index contributed by atoms with van der Waals surface area (Å²) in [5.74, 6) is 0.535. The number of piperidine rings is 1. The highest BCUT2D eigenvalue weighted by atomic mass is 16.2. The number of nitrogens with one attached hydrogen (secondary N) is 3. The van der Waals surface area contributed by atoms with E-state index in [1.807, 2.05) is 13.8 Å². The summed E-state index contributed by atoms with van der Waals surface area (Å²) < 4.78 is 0. The number of hydrogen-bond acceptors (Lipinski definition) is 3. The molecule has 2 rings (SSSR count). The Labute approximate surface area is 108 Å². The Morgan fingerprint density at radius 2 is 2.44 bits per heavy atom. The van der Waals surface area contributed by atoms with Crippen LogP contribution in [0.3, 0.4) is 0 Å². The molecule has 0 bridgehead atoms. The topological polar surface area (TPSA) is 69.8 Å². The number of aromatic nitrogens is 2. The largest absolute Gasteiger partial charge is 0.351 e. The highest BCUT2D eigenvalue weighted by Gasteiger charge is 2.36. The van der Waals surface area contributed by atoms with Crippen LogP contribution in [0.15, 0.2) is 12.4 Å². The predicted octanol–water partition coefficient (Wildman–Crippen LogP) is 1.05. The average molecular weight is 250 g/mol. The third kappa shape index (κ3) is 2.90. The van der Waals surface area contributed by atoms with Gasteiger partial charge in [0.05, 0.1) is 6.20 Å². The van der Waals surface area contributed by atoms with Crippen molar-refractivity contribution < 1.29 is 4.79 Å². The first-order chi connectivity index (χ1) is 8.60. The van der Waals surface area contributed by atoms with Crippen LogP contribution in [0.2, 0.25) is 0 Å². The smallest absolute Gasteiger partial charge is 0.226 e. The lowest BCUT2D eigenvalue weighted by atomic mass is 9.74. The lowest BCUT2D eigenvalue weighted by molar-refractivity contribution is -0.132. The second-order valence-corrected chi connectivity index (χ2v) is 5.55. The summed E-state index contributed by atoms with van der Waals surface area (Å²) in [7, 11) is 0. The number of nitrogens with zero attached hydrogens (tertiary/aromatic N) is 1. The molecular formula is C13H22N4O. The predicted molar refractivity (Wildman–Crippen MR) is 69.8 cm³/mol. The van der Waals surface area contributed by atoms with E-state index in [9.17, 15) is 4.79 Å². The Morgan fingerprint density at radius 3 is 3.06 bits per heavy atom. The number of amides is 1. The third-order valence-electron chi connectivity index (χ3n) is 3.91. The van der Waals surface area contributed by atoms with Crippen LogP contribution in [-0.4, -0.2) is 29.2 Å². The monoisotopic (exact) mass is 250 g/mol. The van der Waals surface area contributed by atoms with Crippen LogP contribution in [0.25, 0.3) is 0 Å². The second-order valence-electron chi connectivity index (χ2n) is 5.55.